The van der Waals surface area contributed by atoms with Crippen LogP contribution in [0.15, 0.2) is 24.3 Å². The molecule has 1 fully saturated rings. The van der Waals surface area contributed by atoms with Crippen LogP contribution in [0.2, 0.25) is 0 Å². The van der Waals surface area contributed by atoms with E-state index in [0.717, 1.165) is 18.0 Å². The number of nitrogens with one attached hydrogen (secondary N) is 1. The predicted molar refractivity (Wildman–Crippen MR) is 65.6 cm³/mol. The van der Waals surface area contributed by atoms with Crippen LogP contribution in [-0.4, -0.2) is 12.5 Å². The molecule has 1 N–H and O–H groups in total. The third-order valence-corrected chi connectivity index (χ3v) is 2.89. The summed E-state index contributed by atoms with van der Waals surface area (Å²) in [6.45, 7) is 4.93. The van der Waals surface area contributed by atoms with Crippen molar-refractivity contribution in [3.8, 4) is 0 Å². The Bertz CT molecular complexity index is 363. The molecular weight excluding hydrogens is 198 g/mol. The largest absolute Gasteiger partial charge is 0.352 e. The van der Waals surface area contributed by atoms with Gasteiger partial charge < -0.3 is 5.32 Å². The van der Waals surface area contributed by atoms with E-state index in [-0.39, 0.29) is 5.91 Å². The summed E-state index contributed by atoms with van der Waals surface area (Å²) in [4.78, 5) is 11.7. The van der Waals surface area contributed by atoms with E-state index in [2.05, 4.69) is 31.3 Å². The molecular formula is C14H19NO. The molecule has 0 unspecified atom stereocenters. The van der Waals surface area contributed by atoms with Gasteiger partial charge in [-0.25, -0.2) is 0 Å². The van der Waals surface area contributed by atoms with Gasteiger partial charge in [0.2, 0.25) is 0 Å². The highest BCUT2D eigenvalue weighted by Crippen LogP contribution is 2.39. The lowest BCUT2D eigenvalue weighted by molar-refractivity contribution is 0.0949. The van der Waals surface area contributed by atoms with Crippen molar-refractivity contribution in [2.24, 2.45) is 5.92 Å². The minimum atomic E-state index is 0.0380. The average molecular weight is 217 g/mol. The summed E-state index contributed by atoms with van der Waals surface area (Å²) >= 11 is 0. The van der Waals surface area contributed by atoms with Gasteiger partial charge in [-0.05, 0) is 42.4 Å². The first kappa shape index (κ1) is 11.2. The van der Waals surface area contributed by atoms with Crippen LogP contribution in [0, 0.1) is 5.92 Å². The van der Waals surface area contributed by atoms with Crippen molar-refractivity contribution in [2.45, 2.75) is 32.6 Å². The Hall–Kier alpha value is -1.31. The number of amides is 1. The number of carbonyl (C=O) groups is 1. The summed E-state index contributed by atoms with van der Waals surface area (Å²) in [6, 6.07) is 8.04. The molecule has 0 aliphatic heterocycles. The van der Waals surface area contributed by atoms with E-state index in [1.54, 1.807) is 0 Å². The Balaban J connectivity index is 1.95. The molecule has 0 atom stereocenters. The standard InChI is InChI=1S/C14H19NO/c1-10(2)9-15-14(16)13-7-5-12(6-8-13)11-3-4-11/h5-8,10-11H,3-4,9H2,1-2H3,(H,15,16). The molecule has 0 saturated heterocycles. The maximum atomic E-state index is 11.7. The molecule has 2 nitrogen and oxygen atoms in total. The molecule has 1 saturated carbocycles. The summed E-state index contributed by atoms with van der Waals surface area (Å²) in [5.41, 5.74) is 2.14. The molecule has 2 heteroatoms. The summed E-state index contributed by atoms with van der Waals surface area (Å²) in [5.74, 6) is 1.29. The van der Waals surface area contributed by atoms with E-state index in [1.807, 2.05) is 12.1 Å². The van der Waals surface area contributed by atoms with Crippen LogP contribution in [-0.2, 0) is 0 Å². The SMILES string of the molecule is CC(C)CNC(=O)c1ccc(C2CC2)cc1. The van der Waals surface area contributed by atoms with Gasteiger partial charge in [0.1, 0.15) is 0 Å². The van der Waals surface area contributed by atoms with Gasteiger partial charge in [0.15, 0.2) is 0 Å². The molecule has 0 heterocycles. The monoisotopic (exact) mass is 217 g/mol. The first-order chi connectivity index (χ1) is 7.66. The zero-order valence-corrected chi connectivity index (χ0v) is 9.99. The first-order valence-electron chi connectivity index (χ1n) is 6.05. The smallest absolute Gasteiger partial charge is 0.251 e. The van der Waals surface area contributed by atoms with Crippen molar-refractivity contribution in [3.63, 3.8) is 0 Å². The Labute approximate surface area is 97.1 Å². The Morgan fingerprint density at radius 2 is 1.94 bits per heavy atom. The Morgan fingerprint density at radius 3 is 2.44 bits per heavy atom. The molecule has 16 heavy (non-hydrogen) atoms. The van der Waals surface area contributed by atoms with E-state index < -0.39 is 0 Å². The second-order valence-corrected chi connectivity index (χ2v) is 5.00. The molecule has 0 aromatic heterocycles. The van der Waals surface area contributed by atoms with Gasteiger partial charge in [-0.1, -0.05) is 26.0 Å². The fourth-order valence-electron chi connectivity index (χ4n) is 1.72. The Morgan fingerprint density at radius 1 is 1.31 bits per heavy atom. The van der Waals surface area contributed by atoms with Gasteiger partial charge in [0, 0.05) is 12.1 Å². The molecule has 1 aromatic carbocycles. The van der Waals surface area contributed by atoms with Crippen molar-refractivity contribution in [1.82, 2.24) is 5.32 Å². The molecule has 0 spiro atoms. The highest BCUT2D eigenvalue weighted by molar-refractivity contribution is 5.94. The van der Waals surface area contributed by atoms with Gasteiger partial charge in [-0.2, -0.15) is 0 Å². The summed E-state index contributed by atoms with van der Waals surface area (Å²) in [5, 5.41) is 2.92. The van der Waals surface area contributed by atoms with Crippen LogP contribution < -0.4 is 5.32 Å². The van der Waals surface area contributed by atoms with Crippen LogP contribution >= 0.6 is 0 Å². The van der Waals surface area contributed by atoms with Gasteiger partial charge >= 0.3 is 0 Å². The molecule has 0 radical (unpaired) electrons. The van der Waals surface area contributed by atoms with Crippen LogP contribution in [0.3, 0.4) is 0 Å². The number of rotatable bonds is 4. The lowest BCUT2D eigenvalue weighted by Crippen LogP contribution is -2.27. The first-order valence-corrected chi connectivity index (χ1v) is 6.05. The number of carbonyl (C=O) groups excluding carboxylic acids is 1. The summed E-state index contributed by atoms with van der Waals surface area (Å²) < 4.78 is 0. The highest BCUT2D eigenvalue weighted by atomic mass is 16.1. The Kier molecular flexibility index (Phi) is 3.28. The zero-order chi connectivity index (χ0) is 11.5. The van der Waals surface area contributed by atoms with Crippen molar-refractivity contribution in [3.05, 3.63) is 35.4 Å². The maximum absolute atomic E-state index is 11.7. The number of hydrogen-bond donors (Lipinski definition) is 1. The van der Waals surface area contributed by atoms with Gasteiger partial charge in [-0.15, -0.1) is 0 Å². The van der Waals surface area contributed by atoms with Crippen LogP contribution in [0.4, 0.5) is 0 Å². The molecule has 1 aromatic rings. The molecule has 1 aliphatic rings. The summed E-state index contributed by atoms with van der Waals surface area (Å²) in [7, 11) is 0. The quantitative estimate of drug-likeness (QED) is 0.825. The molecule has 1 amide bonds. The van der Waals surface area contributed by atoms with Crippen LogP contribution in [0.5, 0.6) is 0 Å². The lowest BCUT2D eigenvalue weighted by atomic mass is 10.1. The second-order valence-electron chi connectivity index (χ2n) is 5.00. The fraction of sp³-hybridized carbons (Fsp3) is 0.500. The third-order valence-electron chi connectivity index (χ3n) is 2.89. The maximum Gasteiger partial charge on any atom is 0.251 e. The van der Waals surface area contributed by atoms with E-state index in [0.29, 0.717) is 5.92 Å². The summed E-state index contributed by atoms with van der Waals surface area (Å²) in [6.07, 6.45) is 2.61. The van der Waals surface area contributed by atoms with Gasteiger partial charge in [0.25, 0.3) is 5.91 Å². The minimum absolute atomic E-state index is 0.0380. The average Bonchev–Trinajstić information content (AvgIpc) is 3.10. The molecule has 0 bridgehead atoms. The van der Waals surface area contributed by atoms with Gasteiger partial charge in [0.05, 0.1) is 0 Å². The van der Waals surface area contributed by atoms with Crippen molar-refractivity contribution in [1.29, 1.82) is 0 Å². The van der Waals surface area contributed by atoms with Crippen LogP contribution in [0.1, 0.15) is 48.5 Å². The van der Waals surface area contributed by atoms with E-state index >= 15 is 0 Å². The van der Waals surface area contributed by atoms with Crippen LogP contribution in [0.25, 0.3) is 0 Å². The molecule has 1 aliphatic carbocycles. The highest BCUT2D eigenvalue weighted by Gasteiger charge is 2.23. The number of benzene rings is 1. The zero-order valence-electron chi connectivity index (χ0n) is 9.99. The lowest BCUT2D eigenvalue weighted by Gasteiger charge is -2.08. The fourth-order valence-corrected chi connectivity index (χ4v) is 1.72. The predicted octanol–water partition coefficient (Wildman–Crippen LogP) is 2.95. The van der Waals surface area contributed by atoms with Crippen molar-refractivity contribution in [2.75, 3.05) is 6.54 Å². The molecule has 86 valence electrons. The van der Waals surface area contributed by atoms with E-state index in [4.69, 9.17) is 0 Å². The molecule has 2 rings (SSSR count). The topological polar surface area (TPSA) is 29.1 Å². The van der Waals surface area contributed by atoms with Crippen molar-refractivity contribution >= 4 is 5.91 Å². The number of hydrogen-bond acceptors (Lipinski definition) is 1. The third kappa shape index (κ3) is 2.84. The minimum Gasteiger partial charge on any atom is -0.352 e. The second kappa shape index (κ2) is 4.69. The van der Waals surface area contributed by atoms with E-state index in [1.165, 1.54) is 18.4 Å². The normalized spacial score (nSPS) is 15.2. The van der Waals surface area contributed by atoms with Gasteiger partial charge in [-0.3, -0.25) is 4.79 Å². The van der Waals surface area contributed by atoms with Crippen molar-refractivity contribution < 1.29 is 4.79 Å². The van der Waals surface area contributed by atoms with E-state index in [9.17, 15) is 4.79 Å².